The molecular formula is C16H16N4. The zero-order chi connectivity index (χ0) is 13.9. The van der Waals surface area contributed by atoms with Crippen LogP contribution in [0.2, 0.25) is 0 Å². The van der Waals surface area contributed by atoms with Gasteiger partial charge in [-0.2, -0.15) is 5.26 Å². The minimum absolute atomic E-state index is 0.218. The normalized spacial score (nSPS) is 17.1. The van der Waals surface area contributed by atoms with Crippen LogP contribution >= 0.6 is 0 Å². The van der Waals surface area contributed by atoms with Crippen LogP contribution in [0.4, 0.5) is 11.4 Å². The number of hydrogen-bond acceptors (Lipinski definition) is 4. The van der Waals surface area contributed by atoms with Gasteiger partial charge in [-0.3, -0.25) is 4.98 Å². The molecule has 1 aliphatic carbocycles. The molecule has 3 rings (SSSR count). The van der Waals surface area contributed by atoms with E-state index in [1.807, 2.05) is 6.07 Å². The van der Waals surface area contributed by atoms with Crippen LogP contribution in [0.1, 0.15) is 35.6 Å². The summed E-state index contributed by atoms with van der Waals surface area (Å²) >= 11 is 0. The average molecular weight is 264 g/mol. The summed E-state index contributed by atoms with van der Waals surface area (Å²) < 4.78 is 0. The van der Waals surface area contributed by atoms with E-state index in [0.29, 0.717) is 5.56 Å². The molecule has 1 atom stereocenters. The van der Waals surface area contributed by atoms with E-state index in [1.54, 1.807) is 18.5 Å². The predicted molar refractivity (Wildman–Crippen MR) is 79.1 cm³/mol. The van der Waals surface area contributed by atoms with Gasteiger partial charge in [0.25, 0.3) is 0 Å². The summed E-state index contributed by atoms with van der Waals surface area (Å²) in [5.74, 6) is 0. The van der Waals surface area contributed by atoms with Crippen molar-refractivity contribution in [2.24, 2.45) is 0 Å². The summed E-state index contributed by atoms with van der Waals surface area (Å²) in [7, 11) is 0. The van der Waals surface area contributed by atoms with Crippen LogP contribution in [0.25, 0.3) is 0 Å². The number of anilines is 2. The Kier molecular flexibility index (Phi) is 3.26. The van der Waals surface area contributed by atoms with Gasteiger partial charge < -0.3 is 11.1 Å². The fourth-order valence-electron chi connectivity index (χ4n) is 2.78. The van der Waals surface area contributed by atoms with Crippen molar-refractivity contribution in [3.05, 3.63) is 53.3 Å². The van der Waals surface area contributed by atoms with Crippen LogP contribution in [0.15, 0.2) is 36.7 Å². The molecule has 4 nitrogen and oxygen atoms in total. The Morgan fingerprint density at radius 2 is 2.25 bits per heavy atom. The molecule has 0 fully saturated rings. The van der Waals surface area contributed by atoms with Crippen LogP contribution in [-0.2, 0) is 6.42 Å². The second-order valence-electron chi connectivity index (χ2n) is 5.08. The first-order valence-electron chi connectivity index (χ1n) is 6.77. The number of nitrogens with zero attached hydrogens (tertiary/aromatic N) is 2. The minimum Gasteiger partial charge on any atom is -0.399 e. The number of aryl methyl sites for hydroxylation is 1. The third-order valence-electron chi connectivity index (χ3n) is 3.75. The highest BCUT2D eigenvalue weighted by Crippen LogP contribution is 2.33. The smallest absolute Gasteiger partial charge is 0.101 e. The van der Waals surface area contributed by atoms with Gasteiger partial charge in [-0.15, -0.1) is 0 Å². The largest absolute Gasteiger partial charge is 0.399 e. The van der Waals surface area contributed by atoms with Gasteiger partial charge in [-0.1, -0.05) is 6.07 Å². The third kappa shape index (κ3) is 2.30. The van der Waals surface area contributed by atoms with Crippen LogP contribution < -0.4 is 11.1 Å². The highest BCUT2D eigenvalue weighted by molar-refractivity contribution is 5.58. The van der Waals surface area contributed by atoms with Crippen molar-refractivity contribution in [1.29, 1.82) is 5.26 Å². The zero-order valence-electron chi connectivity index (χ0n) is 11.1. The van der Waals surface area contributed by atoms with Crippen molar-refractivity contribution in [2.75, 3.05) is 11.1 Å². The monoisotopic (exact) mass is 264 g/mol. The van der Waals surface area contributed by atoms with E-state index in [0.717, 1.165) is 30.6 Å². The number of pyridine rings is 1. The lowest BCUT2D eigenvalue weighted by Crippen LogP contribution is -2.18. The lowest BCUT2D eigenvalue weighted by atomic mass is 9.87. The lowest BCUT2D eigenvalue weighted by molar-refractivity contribution is 0.600. The molecule has 1 heterocycles. The molecule has 0 spiro atoms. The predicted octanol–water partition coefficient (Wildman–Crippen LogP) is 3.02. The lowest BCUT2D eigenvalue weighted by Gasteiger charge is -2.27. The number of aromatic nitrogens is 1. The van der Waals surface area contributed by atoms with Crippen molar-refractivity contribution in [1.82, 2.24) is 4.98 Å². The third-order valence-corrected chi connectivity index (χ3v) is 3.75. The Hall–Kier alpha value is -2.54. The fourth-order valence-corrected chi connectivity index (χ4v) is 2.78. The second-order valence-corrected chi connectivity index (χ2v) is 5.08. The van der Waals surface area contributed by atoms with Gasteiger partial charge in [0, 0.05) is 11.9 Å². The summed E-state index contributed by atoms with van der Waals surface area (Å²) in [4.78, 5) is 4.10. The molecular weight excluding hydrogens is 248 g/mol. The molecule has 0 amide bonds. The first kappa shape index (κ1) is 12.5. The minimum atomic E-state index is 0.218. The number of fused-ring (bicyclic) bond motifs is 1. The Balaban J connectivity index is 1.92. The van der Waals surface area contributed by atoms with E-state index in [-0.39, 0.29) is 6.04 Å². The van der Waals surface area contributed by atoms with E-state index >= 15 is 0 Å². The van der Waals surface area contributed by atoms with Gasteiger partial charge in [0.05, 0.1) is 23.5 Å². The van der Waals surface area contributed by atoms with Crippen LogP contribution in [0.5, 0.6) is 0 Å². The Morgan fingerprint density at radius 1 is 1.35 bits per heavy atom. The fraction of sp³-hybridized carbons (Fsp3) is 0.250. The number of benzene rings is 1. The number of nitrogens with one attached hydrogen (secondary N) is 1. The van der Waals surface area contributed by atoms with E-state index in [2.05, 4.69) is 28.5 Å². The van der Waals surface area contributed by atoms with E-state index in [1.165, 1.54) is 11.1 Å². The van der Waals surface area contributed by atoms with Crippen molar-refractivity contribution in [2.45, 2.75) is 25.3 Å². The Labute approximate surface area is 118 Å². The molecule has 1 aliphatic rings. The molecule has 0 radical (unpaired) electrons. The van der Waals surface area contributed by atoms with E-state index in [9.17, 15) is 0 Å². The quantitative estimate of drug-likeness (QED) is 0.817. The van der Waals surface area contributed by atoms with E-state index < -0.39 is 0 Å². The van der Waals surface area contributed by atoms with E-state index in [4.69, 9.17) is 11.0 Å². The highest BCUT2D eigenvalue weighted by Gasteiger charge is 2.20. The number of nitrogens with two attached hydrogens (primary N) is 1. The molecule has 0 saturated carbocycles. The summed E-state index contributed by atoms with van der Waals surface area (Å²) in [6, 6.07) is 10.2. The van der Waals surface area contributed by atoms with Gasteiger partial charge in [-0.05, 0) is 48.6 Å². The maximum absolute atomic E-state index is 9.15. The summed E-state index contributed by atoms with van der Waals surface area (Å²) in [5, 5.41) is 12.6. The Bertz CT molecular complexity index is 672. The summed E-state index contributed by atoms with van der Waals surface area (Å²) in [6.45, 7) is 0. The molecule has 1 aromatic heterocycles. The van der Waals surface area contributed by atoms with Crippen molar-refractivity contribution >= 4 is 11.4 Å². The molecule has 20 heavy (non-hydrogen) atoms. The maximum atomic E-state index is 9.15. The highest BCUT2D eigenvalue weighted by atomic mass is 14.9. The van der Waals surface area contributed by atoms with Crippen molar-refractivity contribution in [3.8, 4) is 6.07 Å². The van der Waals surface area contributed by atoms with Crippen molar-refractivity contribution in [3.63, 3.8) is 0 Å². The number of hydrogen-bond donors (Lipinski definition) is 2. The number of nitriles is 1. The number of rotatable bonds is 2. The standard InChI is InChI=1S/C16H16N4/c17-9-12-6-7-19-10-16(12)20-15-3-1-2-11-8-13(18)4-5-14(11)15/h4-8,10,15,20H,1-3,18H2. The topological polar surface area (TPSA) is 74.7 Å². The van der Waals surface area contributed by atoms with Gasteiger partial charge in [-0.25, -0.2) is 0 Å². The van der Waals surface area contributed by atoms with Crippen molar-refractivity contribution < 1.29 is 0 Å². The average Bonchev–Trinajstić information content (AvgIpc) is 2.47. The van der Waals surface area contributed by atoms with Crippen LogP contribution in [-0.4, -0.2) is 4.98 Å². The first-order chi connectivity index (χ1) is 9.78. The first-order valence-corrected chi connectivity index (χ1v) is 6.77. The van der Waals surface area contributed by atoms with Gasteiger partial charge >= 0.3 is 0 Å². The molecule has 1 unspecified atom stereocenters. The van der Waals surface area contributed by atoms with Gasteiger partial charge in [0.1, 0.15) is 6.07 Å². The molecule has 0 aliphatic heterocycles. The van der Waals surface area contributed by atoms with Crippen LogP contribution in [0.3, 0.4) is 0 Å². The SMILES string of the molecule is N#Cc1ccncc1NC1CCCc2cc(N)ccc21. The second kappa shape index (κ2) is 5.22. The van der Waals surface area contributed by atoms with Gasteiger partial charge in [0.2, 0.25) is 0 Å². The molecule has 4 heteroatoms. The number of nitrogen functional groups attached to an aromatic ring is 1. The zero-order valence-corrected chi connectivity index (χ0v) is 11.1. The Morgan fingerprint density at radius 3 is 3.10 bits per heavy atom. The summed E-state index contributed by atoms with van der Waals surface area (Å²) in [6.07, 6.45) is 6.59. The molecule has 0 saturated heterocycles. The molecule has 100 valence electrons. The van der Waals surface area contributed by atoms with Crippen LogP contribution in [0, 0.1) is 11.3 Å². The molecule has 2 aromatic rings. The van der Waals surface area contributed by atoms with Gasteiger partial charge in [0.15, 0.2) is 0 Å². The maximum Gasteiger partial charge on any atom is 0.101 e. The molecule has 1 aromatic carbocycles. The summed E-state index contributed by atoms with van der Waals surface area (Å²) in [5.41, 5.74) is 10.7. The molecule has 0 bridgehead atoms. The molecule has 3 N–H and O–H groups in total.